The Morgan fingerprint density at radius 3 is 1.65 bits per heavy atom. The first-order chi connectivity index (χ1) is 35.0. The molecule has 0 radical (unpaired) electrons. The number of halogens is 8. The number of benzene rings is 3. The van der Waals surface area contributed by atoms with Crippen molar-refractivity contribution in [3.05, 3.63) is 142 Å². The lowest BCUT2D eigenvalue weighted by Gasteiger charge is -2.36. The van der Waals surface area contributed by atoms with Crippen molar-refractivity contribution in [3.63, 3.8) is 0 Å². The van der Waals surface area contributed by atoms with E-state index in [1.165, 1.54) is 19.1 Å². The number of aliphatic hydroxyl groups is 4. The zero-order chi connectivity index (χ0) is 54.6. The Bertz CT molecular complexity index is 2580. The number of aryl methyl sites for hydroxylation is 5. The zero-order valence-corrected chi connectivity index (χ0v) is 44.7. The Balaban J connectivity index is 0.000000295. The van der Waals surface area contributed by atoms with Crippen LogP contribution in [0.4, 0.5) is 42.9 Å². The Morgan fingerprint density at radius 2 is 1.19 bits per heavy atom. The molecule has 2 fully saturated rings. The maximum Gasteiger partial charge on any atom is 0.573 e. The number of para-hydroxylation sites is 1. The standard InChI is InChI=1S/C23H30FN3O3.C15H12F3NO3.C14H21FN2O2.CH2Cl2.ClH/c1-15-4-5-19(11-16(15)2)26-22(30)27-8-6-23(24,7-9-27)21-17(3)10-18(13-25-21)12-20(29)14-28;1-10-9-11(7-8-13(10)22-15(16,17)18)19-14(20)21-12-5-3-2-4-6-12;1-10-6-11(7-12(19)9-18)8-17-13(10)14(15)2-4-16-5-3-14;2-1-3;/h4-5,10-11,13,20,28-29H,6-9,12,14H2,1-3H3,(H,26,30);2-9H,1H3,(H,19,20);6,8,12,16,18-19H,2-5,7,9H2,1H3;1H2;1H/t20-;;12-;;/m1.1../s1. The first-order valence-electron chi connectivity index (χ1n) is 23.8. The number of hydrogen-bond acceptors (Lipinski definition) is 11. The third-order valence-electron chi connectivity index (χ3n) is 12.1. The van der Waals surface area contributed by atoms with Gasteiger partial charge in [0.25, 0.3) is 0 Å². The van der Waals surface area contributed by atoms with Gasteiger partial charge in [-0.25, -0.2) is 18.4 Å². The van der Waals surface area contributed by atoms with Crippen LogP contribution in [-0.4, -0.2) is 111 Å². The zero-order valence-electron chi connectivity index (χ0n) is 42.3. The Morgan fingerprint density at radius 1 is 0.707 bits per heavy atom. The molecule has 22 heteroatoms. The number of ether oxygens (including phenoxy) is 2. The highest BCUT2D eigenvalue weighted by Gasteiger charge is 2.40. The van der Waals surface area contributed by atoms with Crippen molar-refractivity contribution < 1.29 is 61.4 Å². The fourth-order valence-electron chi connectivity index (χ4n) is 8.19. The van der Waals surface area contributed by atoms with Crippen molar-refractivity contribution in [1.29, 1.82) is 0 Å². The van der Waals surface area contributed by atoms with Crippen LogP contribution in [0.5, 0.6) is 11.5 Å². The van der Waals surface area contributed by atoms with E-state index in [0.717, 1.165) is 39.6 Å². The van der Waals surface area contributed by atoms with Gasteiger partial charge in [-0.3, -0.25) is 15.3 Å². The third kappa shape index (κ3) is 20.6. The second kappa shape index (κ2) is 30.4. The number of nitrogens with zero attached hydrogens (tertiary/aromatic N) is 3. The van der Waals surface area contributed by atoms with Crippen LogP contribution in [0.1, 0.15) is 76.0 Å². The first-order valence-corrected chi connectivity index (χ1v) is 24.8. The van der Waals surface area contributed by atoms with Gasteiger partial charge in [-0.15, -0.1) is 48.8 Å². The molecule has 7 N–H and O–H groups in total. The second-order valence-electron chi connectivity index (χ2n) is 18.0. The molecule has 2 atom stereocenters. The summed E-state index contributed by atoms with van der Waals surface area (Å²) in [5, 5.41) is 45.5. The number of hydrogen-bond donors (Lipinski definition) is 7. The van der Waals surface area contributed by atoms with Crippen LogP contribution in [0.25, 0.3) is 0 Å². The smallest absolute Gasteiger partial charge is 0.410 e. The number of alkyl halides is 7. The molecule has 0 spiro atoms. The molecule has 5 aromatic rings. The molecule has 0 aliphatic carbocycles. The lowest BCUT2D eigenvalue weighted by atomic mass is 9.87. The molecule has 0 unspecified atom stereocenters. The summed E-state index contributed by atoms with van der Waals surface area (Å²) in [6.45, 7) is 10.4. The molecule has 2 aliphatic heterocycles. The third-order valence-corrected chi connectivity index (χ3v) is 12.1. The van der Waals surface area contributed by atoms with Gasteiger partial charge in [-0.05, 0) is 142 Å². The van der Waals surface area contributed by atoms with Gasteiger partial charge in [0, 0.05) is 62.5 Å². The highest BCUT2D eigenvalue weighted by Crippen LogP contribution is 2.38. The number of piperidine rings is 2. The number of anilines is 2. The van der Waals surface area contributed by atoms with Crippen LogP contribution in [0.2, 0.25) is 0 Å². The Hall–Kier alpha value is -5.38. The molecule has 0 bridgehead atoms. The number of urea groups is 1. The summed E-state index contributed by atoms with van der Waals surface area (Å²) in [5.41, 5.74) is 4.60. The summed E-state index contributed by atoms with van der Waals surface area (Å²) >= 11 is 9.53. The van der Waals surface area contributed by atoms with Crippen LogP contribution >= 0.6 is 35.6 Å². The summed E-state index contributed by atoms with van der Waals surface area (Å²) < 4.78 is 75.8. The molecule has 7 rings (SSSR count). The highest BCUT2D eigenvalue weighted by atomic mass is 35.5. The fourth-order valence-corrected chi connectivity index (χ4v) is 8.19. The normalized spacial score (nSPS) is 15.3. The number of carbonyl (C=O) groups is 2. The summed E-state index contributed by atoms with van der Waals surface area (Å²) in [6, 6.07) is 21.4. The average Bonchev–Trinajstić information content (AvgIpc) is 3.34. The number of nitrogens with one attached hydrogen (secondary N) is 3. The molecule has 0 saturated carbocycles. The van der Waals surface area contributed by atoms with Crippen molar-refractivity contribution in [2.75, 3.05) is 55.4 Å². The van der Waals surface area contributed by atoms with Crippen molar-refractivity contribution in [2.45, 2.75) is 103 Å². The number of likely N-dealkylation sites (tertiary alicyclic amines) is 1. The molecule has 75 heavy (non-hydrogen) atoms. The number of aromatic nitrogens is 2. The lowest BCUT2D eigenvalue weighted by molar-refractivity contribution is -0.274. The summed E-state index contributed by atoms with van der Waals surface area (Å²) in [7, 11) is 0. The van der Waals surface area contributed by atoms with E-state index in [1.54, 1.807) is 60.6 Å². The molecule has 2 aromatic heterocycles. The molecule has 4 heterocycles. The molecular weight excluding hydrogens is 1050 g/mol. The van der Waals surface area contributed by atoms with Gasteiger partial charge in [0.05, 0.1) is 42.1 Å². The van der Waals surface area contributed by atoms with Crippen molar-refractivity contribution in [3.8, 4) is 11.5 Å². The number of amides is 3. The van der Waals surface area contributed by atoms with E-state index in [2.05, 4.69) is 30.7 Å². The van der Waals surface area contributed by atoms with Crippen LogP contribution in [0.15, 0.2) is 91.3 Å². The van der Waals surface area contributed by atoms with E-state index < -0.39 is 36.0 Å². The molecule has 412 valence electrons. The fraction of sp³-hybridized carbons (Fsp3) is 0.434. The summed E-state index contributed by atoms with van der Waals surface area (Å²) in [6.07, 6.45) is -2.12. The first kappa shape index (κ1) is 63.9. The van der Waals surface area contributed by atoms with Gasteiger partial charge in [-0.2, -0.15) is 0 Å². The van der Waals surface area contributed by atoms with E-state index in [0.29, 0.717) is 73.8 Å². The van der Waals surface area contributed by atoms with E-state index in [9.17, 15) is 37.4 Å². The minimum atomic E-state index is -4.76. The van der Waals surface area contributed by atoms with E-state index in [1.807, 2.05) is 45.0 Å². The van der Waals surface area contributed by atoms with E-state index in [-0.39, 0.29) is 67.6 Å². The second-order valence-corrected chi connectivity index (χ2v) is 18.8. The molecule has 2 aliphatic rings. The predicted molar refractivity (Wildman–Crippen MR) is 283 cm³/mol. The molecule has 14 nitrogen and oxygen atoms in total. The average molecular weight is 1120 g/mol. The number of aliphatic hydroxyl groups excluding tert-OH is 4. The lowest BCUT2D eigenvalue weighted by Crippen LogP contribution is -2.45. The maximum absolute atomic E-state index is 15.7. The van der Waals surface area contributed by atoms with Gasteiger partial charge < -0.3 is 45.4 Å². The Labute approximate surface area is 450 Å². The van der Waals surface area contributed by atoms with Crippen molar-refractivity contribution >= 4 is 59.1 Å². The van der Waals surface area contributed by atoms with Gasteiger partial charge in [-0.1, -0.05) is 36.4 Å². The molecule has 2 saturated heterocycles. The van der Waals surface area contributed by atoms with Crippen LogP contribution in [0.3, 0.4) is 0 Å². The Kier molecular flexibility index (Phi) is 25.9. The number of pyridine rings is 2. The molecular formula is C53H66Cl3F5N6O8. The number of rotatable bonds is 12. The molecule has 3 aromatic carbocycles. The van der Waals surface area contributed by atoms with E-state index in [4.69, 9.17) is 38.2 Å². The van der Waals surface area contributed by atoms with Crippen LogP contribution in [0, 0.1) is 34.6 Å². The minimum absolute atomic E-state index is 0. The van der Waals surface area contributed by atoms with E-state index >= 15 is 4.39 Å². The van der Waals surface area contributed by atoms with Gasteiger partial charge in [0.15, 0.2) is 11.3 Å². The van der Waals surface area contributed by atoms with Crippen molar-refractivity contribution in [2.24, 2.45) is 0 Å². The predicted octanol–water partition coefficient (Wildman–Crippen LogP) is 10.6. The minimum Gasteiger partial charge on any atom is -0.410 e. The molecule has 3 amide bonds. The monoisotopic (exact) mass is 1110 g/mol. The maximum atomic E-state index is 15.7. The van der Waals surface area contributed by atoms with Crippen molar-refractivity contribution in [1.82, 2.24) is 20.2 Å². The summed E-state index contributed by atoms with van der Waals surface area (Å²) in [4.78, 5) is 34.5. The quantitative estimate of drug-likeness (QED) is 0.0463. The SMILES string of the molecule is Cc1cc(C[C@@H](O)CO)cnc1C1(F)CCNCC1.Cc1cc(NC(=O)Oc2ccccc2)ccc1OC(F)(F)F.Cc1ccc(NC(=O)N2CCC(F)(c3ncc(C[C@@H](O)CO)cc3C)CC2)cc1C.Cl.ClCCl. The largest absolute Gasteiger partial charge is 0.573 e. The van der Waals surface area contributed by atoms with Gasteiger partial charge in [0.1, 0.15) is 11.5 Å². The van der Waals surface area contributed by atoms with Gasteiger partial charge >= 0.3 is 18.5 Å². The topological polar surface area (TPSA) is 199 Å². The van der Waals surface area contributed by atoms with Gasteiger partial charge in [0.2, 0.25) is 0 Å². The highest BCUT2D eigenvalue weighted by molar-refractivity contribution is 6.40. The summed E-state index contributed by atoms with van der Waals surface area (Å²) in [5.74, 6) is 0.0308. The van der Waals surface area contributed by atoms with Crippen LogP contribution in [-0.2, 0) is 24.2 Å². The van der Waals surface area contributed by atoms with Crippen LogP contribution < -0.4 is 25.4 Å². The number of carbonyl (C=O) groups excluding carboxylic acids is 2.